The van der Waals surface area contributed by atoms with Crippen LogP contribution in [0.5, 0.6) is 0 Å². The molecule has 0 fully saturated rings. The van der Waals surface area contributed by atoms with Crippen LogP contribution in [0.1, 0.15) is 47.0 Å². The van der Waals surface area contributed by atoms with Gasteiger partial charge in [0.15, 0.2) is 0 Å². The average molecular weight is 179 g/mol. The fourth-order valence-corrected chi connectivity index (χ4v) is 0.944. The molecule has 74 valence electrons. The van der Waals surface area contributed by atoms with E-state index in [9.17, 15) is 0 Å². The van der Waals surface area contributed by atoms with E-state index >= 15 is 0 Å². The van der Waals surface area contributed by atoms with Crippen LogP contribution in [0.4, 0.5) is 0 Å². The molecule has 0 bridgehead atoms. The Morgan fingerprint density at radius 2 is 1.85 bits per heavy atom. The largest absolute Gasteiger partial charge is 0.266 e. The SMILES string of the molecule is CC/C=C(/C=C\N=C(C)CC)CC. The number of allylic oxidation sites excluding steroid dienone is 3. The van der Waals surface area contributed by atoms with Gasteiger partial charge in [0, 0.05) is 11.9 Å². The number of hydrogen-bond donors (Lipinski definition) is 0. The van der Waals surface area contributed by atoms with E-state index < -0.39 is 0 Å². The maximum absolute atomic E-state index is 4.31. The Morgan fingerprint density at radius 3 is 2.31 bits per heavy atom. The van der Waals surface area contributed by atoms with Crippen molar-refractivity contribution in [1.29, 1.82) is 0 Å². The Morgan fingerprint density at radius 1 is 1.15 bits per heavy atom. The molecule has 0 aliphatic rings. The highest BCUT2D eigenvalue weighted by Gasteiger charge is 1.85. The first-order valence-corrected chi connectivity index (χ1v) is 5.13. The summed E-state index contributed by atoms with van der Waals surface area (Å²) >= 11 is 0. The summed E-state index contributed by atoms with van der Waals surface area (Å²) in [6, 6.07) is 0. The smallest absolute Gasteiger partial charge is 0.0269 e. The van der Waals surface area contributed by atoms with E-state index in [0.717, 1.165) is 19.3 Å². The van der Waals surface area contributed by atoms with Gasteiger partial charge in [-0.25, -0.2) is 0 Å². The first kappa shape index (κ1) is 12.2. The summed E-state index contributed by atoms with van der Waals surface area (Å²) in [4.78, 5) is 4.31. The van der Waals surface area contributed by atoms with Crippen LogP contribution >= 0.6 is 0 Å². The zero-order chi connectivity index (χ0) is 10.1. The van der Waals surface area contributed by atoms with E-state index in [-0.39, 0.29) is 0 Å². The molecule has 0 saturated carbocycles. The molecule has 0 aliphatic heterocycles. The van der Waals surface area contributed by atoms with Crippen LogP contribution in [0.25, 0.3) is 0 Å². The van der Waals surface area contributed by atoms with E-state index in [1.54, 1.807) is 0 Å². The standard InChI is InChI=1S/C12H21N/c1-5-8-12(7-3)9-10-13-11(4)6-2/h8-10H,5-7H2,1-4H3/b10-9-,12-8+,13-11?. The predicted octanol–water partition coefficient (Wildman–Crippen LogP) is 4.12. The summed E-state index contributed by atoms with van der Waals surface area (Å²) in [5.74, 6) is 0. The second kappa shape index (κ2) is 7.78. The zero-order valence-electron chi connectivity index (χ0n) is 9.30. The molecule has 0 atom stereocenters. The maximum atomic E-state index is 4.31. The van der Waals surface area contributed by atoms with Gasteiger partial charge in [-0.15, -0.1) is 0 Å². The second-order valence-electron chi connectivity index (χ2n) is 3.07. The van der Waals surface area contributed by atoms with Crippen molar-refractivity contribution < 1.29 is 0 Å². The second-order valence-corrected chi connectivity index (χ2v) is 3.07. The van der Waals surface area contributed by atoms with Gasteiger partial charge in [0.25, 0.3) is 0 Å². The van der Waals surface area contributed by atoms with Crippen LogP contribution in [0.3, 0.4) is 0 Å². The number of hydrogen-bond acceptors (Lipinski definition) is 1. The molecule has 0 N–H and O–H groups in total. The van der Waals surface area contributed by atoms with Gasteiger partial charge >= 0.3 is 0 Å². The molecule has 1 nitrogen and oxygen atoms in total. The molecule has 0 amide bonds. The van der Waals surface area contributed by atoms with Gasteiger partial charge in [0.1, 0.15) is 0 Å². The third-order valence-electron chi connectivity index (χ3n) is 1.97. The van der Waals surface area contributed by atoms with Crippen molar-refractivity contribution in [3.8, 4) is 0 Å². The van der Waals surface area contributed by atoms with Crippen molar-refractivity contribution in [2.75, 3.05) is 0 Å². The minimum absolute atomic E-state index is 1.03. The average Bonchev–Trinajstić information content (AvgIpc) is 2.16. The molecular weight excluding hydrogens is 158 g/mol. The summed E-state index contributed by atoms with van der Waals surface area (Å²) in [6.07, 6.45) is 9.47. The van der Waals surface area contributed by atoms with Crippen molar-refractivity contribution in [2.24, 2.45) is 4.99 Å². The molecule has 0 unspecified atom stereocenters. The fourth-order valence-electron chi connectivity index (χ4n) is 0.944. The van der Waals surface area contributed by atoms with Crippen LogP contribution in [0.15, 0.2) is 28.9 Å². The van der Waals surface area contributed by atoms with E-state index in [0.29, 0.717) is 0 Å². The first-order chi connectivity index (χ1) is 6.24. The maximum Gasteiger partial charge on any atom is 0.0269 e. The van der Waals surface area contributed by atoms with Gasteiger partial charge in [-0.3, -0.25) is 4.99 Å². The van der Waals surface area contributed by atoms with Crippen LogP contribution in [-0.2, 0) is 0 Å². The highest BCUT2D eigenvalue weighted by molar-refractivity contribution is 5.82. The molecule has 0 aliphatic carbocycles. The quantitative estimate of drug-likeness (QED) is 0.445. The van der Waals surface area contributed by atoms with Crippen molar-refractivity contribution >= 4 is 5.71 Å². The molecule has 13 heavy (non-hydrogen) atoms. The van der Waals surface area contributed by atoms with Crippen molar-refractivity contribution in [2.45, 2.75) is 47.0 Å². The topological polar surface area (TPSA) is 12.4 Å². The molecule has 1 heteroatoms. The number of aliphatic imine (C=N–C) groups is 1. The van der Waals surface area contributed by atoms with Crippen molar-refractivity contribution in [1.82, 2.24) is 0 Å². The summed E-state index contributed by atoms with van der Waals surface area (Å²) < 4.78 is 0. The summed E-state index contributed by atoms with van der Waals surface area (Å²) in [5, 5.41) is 0. The lowest BCUT2D eigenvalue weighted by molar-refractivity contribution is 1.10. The highest BCUT2D eigenvalue weighted by atomic mass is 14.7. The third kappa shape index (κ3) is 6.32. The summed E-state index contributed by atoms with van der Waals surface area (Å²) in [5.41, 5.74) is 2.55. The van der Waals surface area contributed by atoms with Crippen molar-refractivity contribution in [3.63, 3.8) is 0 Å². The molecule has 0 heterocycles. The lowest BCUT2D eigenvalue weighted by atomic mass is 10.2. The Balaban J connectivity index is 4.16. The van der Waals surface area contributed by atoms with Gasteiger partial charge in [-0.2, -0.15) is 0 Å². The van der Waals surface area contributed by atoms with E-state index in [1.165, 1.54) is 11.3 Å². The predicted molar refractivity (Wildman–Crippen MR) is 61.2 cm³/mol. The number of rotatable bonds is 5. The monoisotopic (exact) mass is 179 g/mol. The van der Waals surface area contributed by atoms with Gasteiger partial charge < -0.3 is 0 Å². The molecule has 0 saturated heterocycles. The van der Waals surface area contributed by atoms with E-state index in [2.05, 4.69) is 44.8 Å². The van der Waals surface area contributed by atoms with Crippen LogP contribution < -0.4 is 0 Å². The molecule has 0 spiro atoms. The number of nitrogens with zero attached hydrogens (tertiary/aromatic N) is 1. The van der Waals surface area contributed by atoms with E-state index in [1.807, 2.05) is 6.20 Å². The van der Waals surface area contributed by atoms with Gasteiger partial charge in [-0.1, -0.05) is 32.4 Å². The molecule has 0 aromatic carbocycles. The lowest BCUT2D eigenvalue weighted by Crippen LogP contribution is -1.84. The lowest BCUT2D eigenvalue weighted by Gasteiger charge is -1.94. The molecular formula is C12H21N. The molecule has 0 aromatic rings. The minimum Gasteiger partial charge on any atom is -0.266 e. The molecule has 0 aromatic heterocycles. The van der Waals surface area contributed by atoms with E-state index in [4.69, 9.17) is 0 Å². The normalized spacial score (nSPS) is 14.2. The van der Waals surface area contributed by atoms with Crippen LogP contribution in [0, 0.1) is 0 Å². The Hall–Kier alpha value is -0.850. The minimum atomic E-state index is 1.03. The van der Waals surface area contributed by atoms with Crippen molar-refractivity contribution in [3.05, 3.63) is 23.9 Å². The third-order valence-corrected chi connectivity index (χ3v) is 1.97. The zero-order valence-corrected chi connectivity index (χ0v) is 9.30. The Bertz CT molecular complexity index is 209. The van der Waals surface area contributed by atoms with Gasteiger partial charge in [-0.05, 0) is 32.3 Å². The Kier molecular flexibility index (Phi) is 7.27. The molecule has 0 radical (unpaired) electrons. The first-order valence-electron chi connectivity index (χ1n) is 5.13. The summed E-state index contributed by atoms with van der Waals surface area (Å²) in [7, 11) is 0. The molecule has 0 rings (SSSR count). The Labute approximate surface area is 82.3 Å². The van der Waals surface area contributed by atoms with Crippen LogP contribution in [-0.4, -0.2) is 5.71 Å². The van der Waals surface area contributed by atoms with Gasteiger partial charge in [0.2, 0.25) is 0 Å². The van der Waals surface area contributed by atoms with Crippen LogP contribution in [0.2, 0.25) is 0 Å². The summed E-state index contributed by atoms with van der Waals surface area (Å²) in [6.45, 7) is 8.50. The van der Waals surface area contributed by atoms with Gasteiger partial charge in [0.05, 0.1) is 0 Å². The highest BCUT2D eigenvalue weighted by Crippen LogP contribution is 2.04. The fraction of sp³-hybridized carbons (Fsp3) is 0.583.